The molecule has 0 aromatic heterocycles. The Labute approximate surface area is 194 Å². The van der Waals surface area contributed by atoms with Crippen LogP contribution in [0.1, 0.15) is 11.1 Å². The number of imide groups is 1. The first-order valence-electron chi connectivity index (χ1n) is 9.42. The van der Waals surface area contributed by atoms with Gasteiger partial charge in [0.05, 0.1) is 15.0 Å². The third-order valence-electron chi connectivity index (χ3n) is 4.70. The lowest BCUT2D eigenvalue weighted by Crippen LogP contribution is -2.27. The Bertz CT molecular complexity index is 1220. The van der Waals surface area contributed by atoms with Crippen LogP contribution in [0.4, 0.5) is 4.79 Å². The summed E-state index contributed by atoms with van der Waals surface area (Å²) >= 11 is 13.7. The second kappa shape index (κ2) is 9.18. The van der Waals surface area contributed by atoms with E-state index in [4.69, 9.17) is 27.9 Å². The number of nitrogens with zero attached hydrogens (tertiary/aromatic N) is 1. The Kier molecular flexibility index (Phi) is 6.37. The van der Waals surface area contributed by atoms with Crippen LogP contribution in [0.25, 0.3) is 16.8 Å². The second-order valence-electron chi connectivity index (χ2n) is 6.86. The molecule has 3 aromatic rings. The molecule has 0 spiro atoms. The highest BCUT2D eigenvalue weighted by Gasteiger charge is 2.34. The van der Waals surface area contributed by atoms with E-state index in [1.165, 1.54) is 6.08 Å². The number of halogens is 2. The molecule has 1 aliphatic rings. The molecule has 1 heterocycles. The normalized spacial score (nSPS) is 15.2. The van der Waals surface area contributed by atoms with Crippen molar-refractivity contribution in [3.63, 3.8) is 0 Å². The van der Waals surface area contributed by atoms with E-state index in [0.29, 0.717) is 32.9 Å². The molecule has 2 amide bonds. The number of benzene rings is 3. The highest BCUT2D eigenvalue weighted by atomic mass is 35.5. The van der Waals surface area contributed by atoms with Gasteiger partial charge in [0.15, 0.2) is 5.75 Å². The standard InChI is InChI=1S/C24H17Cl2NO3S/c1-2-9-27-23(28)21(31-24(27)29)13-16-11-19(25)22(20(26)12-16)30-14-15-7-8-17-5-3-4-6-18(17)10-15/h2-8,10-13H,1,9,14H2/b21-13+. The second-order valence-corrected chi connectivity index (χ2v) is 8.67. The number of hydrogen-bond donors (Lipinski definition) is 0. The quantitative estimate of drug-likeness (QED) is 0.289. The molecule has 156 valence electrons. The molecule has 0 saturated carbocycles. The van der Waals surface area contributed by atoms with Crippen molar-refractivity contribution in [3.05, 3.63) is 93.3 Å². The molecule has 0 atom stereocenters. The molecular formula is C24H17Cl2NO3S. The monoisotopic (exact) mass is 469 g/mol. The fourth-order valence-electron chi connectivity index (χ4n) is 3.22. The summed E-state index contributed by atoms with van der Waals surface area (Å²) in [6, 6.07) is 17.5. The van der Waals surface area contributed by atoms with E-state index in [0.717, 1.165) is 33.0 Å². The first-order chi connectivity index (χ1) is 15.0. The molecule has 4 rings (SSSR count). The topological polar surface area (TPSA) is 46.6 Å². The third kappa shape index (κ3) is 4.64. The zero-order chi connectivity index (χ0) is 22.0. The first kappa shape index (κ1) is 21.5. The third-order valence-corrected chi connectivity index (χ3v) is 6.17. The van der Waals surface area contributed by atoms with Gasteiger partial charge in [-0.15, -0.1) is 6.58 Å². The van der Waals surface area contributed by atoms with Crippen molar-refractivity contribution >= 4 is 63.0 Å². The van der Waals surface area contributed by atoms with Crippen molar-refractivity contribution in [1.82, 2.24) is 4.90 Å². The van der Waals surface area contributed by atoms with Crippen molar-refractivity contribution in [3.8, 4) is 5.75 Å². The van der Waals surface area contributed by atoms with E-state index in [-0.39, 0.29) is 17.7 Å². The van der Waals surface area contributed by atoms with Gasteiger partial charge in [-0.25, -0.2) is 0 Å². The minimum absolute atomic E-state index is 0.172. The number of hydrogen-bond acceptors (Lipinski definition) is 4. The Hall–Kier alpha value is -2.73. The van der Waals surface area contributed by atoms with Gasteiger partial charge in [0.2, 0.25) is 0 Å². The summed E-state index contributed by atoms with van der Waals surface area (Å²) in [5.74, 6) is 0.00665. The van der Waals surface area contributed by atoms with E-state index in [2.05, 4.69) is 18.7 Å². The number of amides is 2. The average molecular weight is 470 g/mol. The number of carbonyl (C=O) groups excluding carboxylic acids is 2. The minimum atomic E-state index is -0.362. The molecule has 0 aliphatic carbocycles. The summed E-state index contributed by atoms with van der Waals surface area (Å²) in [7, 11) is 0. The molecule has 31 heavy (non-hydrogen) atoms. The van der Waals surface area contributed by atoms with Crippen molar-refractivity contribution in [2.24, 2.45) is 0 Å². The molecule has 3 aromatic carbocycles. The molecule has 1 fully saturated rings. The molecule has 1 saturated heterocycles. The zero-order valence-electron chi connectivity index (χ0n) is 16.3. The molecule has 0 unspecified atom stereocenters. The van der Waals surface area contributed by atoms with Crippen molar-refractivity contribution in [1.29, 1.82) is 0 Å². The van der Waals surface area contributed by atoms with Gasteiger partial charge in [-0.1, -0.05) is 65.7 Å². The maximum atomic E-state index is 12.4. The van der Waals surface area contributed by atoms with Gasteiger partial charge in [0, 0.05) is 6.54 Å². The molecular weight excluding hydrogens is 453 g/mol. The predicted octanol–water partition coefficient (Wildman–Crippen LogP) is 6.95. The fourth-order valence-corrected chi connectivity index (χ4v) is 4.68. The number of fused-ring (bicyclic) bond motifs is 1. The van der Waals surface area contributed by atoms with Gasteiger partial charge in [0.1, 0.15) is 6.61 Å². The van der Waals surface area contributed by atoms with Crippen molar-refractivity contribution < 1.29 is 14.3 Å². The van der Waals surface area contributed by atoms with Gasteiger partial charge >= 0.3 is 0 Å². The van der Waals surface area contributed by atoms with Crippen LogP contribution in [-0.4, -0.2) is 22.6 Å². The van der Waals surface area contributed by atoms with Crippen LogP contribution < -0.4 is 4.74 Å². The molecule has 0 N–H and O–H groups in total. The zero-order valence-corrected chi connectivity index (χ0v) is 18.6. The summed E-state index contributed by atoms with van der Waals surface area (Å²) < 4.78 is 5.88. The van der Waals surface area contributed by atoms with Crippen LogP contribution in [0, 0.1) is 0 Å². The lowest BCUT2D eigenvalue weighted by atomic mass is 10.1. The first-order valence-corrected chi connectivity index (χ1v) is 11.0. The highest BCUT2D eigenvalue weighted by molar-refractivity contribution is 8.18. The summed E-state index contributed by atoms with van der Waals surface area (Å²) in [6.45, 7) is 4.05. The lowest BCUT2D eigenvalue weighted by Gasteiger charge is -2.12. The summed E-state index contributed by atoms with van der Waals surface area (Å²) in [4.78, 5) is 25.8. The van der Waals surface area contributed by atoms with Gasteiger partial charge in [-0.2, -0.15) is 0 Å². The van der Waals surface area contributed by atoms with E-state index in [1.807, 2.05) is 30.3 Å². The molecule has 0 radical (unpaired) electrons. The fraction of sp³-hybridized carbons (Fsp3) is 0.0833. The van der Waals surface area contributed by atoms with E-state index in [1.54, 1.807) is 18.2 Å². The van der Waals surface area contributed by atoms with Gasteiger partial charge in [-0.05, 0) is 57.9 Å². The van der Waals surface area contributed by atoms with E-state index in [9.17, 15) is 9.59 Å². The lowest BCUT2D eigenvalue weighted by molar-refractivity contribution is -0.122. The molecule has 7 heteroatoms. The van der Waals surface area contributed by atoms with Crippen LogP contribution in [-0.2, 0) is 11.4 Å². The largest absolute Gasteiger partial charge is 0.486 e. The minimum Gasteiger partial charge on any atom is -0.486 e. The Balaban J connectivity index is 1.52. The molecule has 4 nitrogen and oxygen atoms in total. The van der Waals surface area contributed by atoms with Gasteiger partial charge in [0.25, 0.3) is 11.1 Å². The number of thioether (sulfide) groups is 1. The van der Waals surface area contributed by atoms with Crippen LogP contribution >= 0.6 is 35.0 Å². The Morgan fingerprint density at radius 2 is 1.71 bits per heavy atom. The van der Waals surface area contributed by atoms with Crippen LogP contribution in [0.5, 0.6) is 5.75 Å². The molecule has 1 aliphatic heterocycles. The summed E-state index contributed by atoms with van der Waals surface area (Å²) in [5, 5.41) is 2.60. The number of ether oxygens (including phenoxy) is 1. The number of carbonyl (C=O) groups is 2. The van der Waals surface area contributed by atoms with Crippen molar-refractivity contribution in [2.45, 2.75) is 6.61 Å². The Morgan fingerprint density at radius 1 is 1.00 bits per heavy atom. The molecule has 0 bridgehead atoms. The van der Waals surface area contributed by atoms with Gasteiger partial charge < -0.3 is 4.74 Å². The highest BCUT2D eigenvalue weighted by Crippen LogP contribution is 2.37. The maximum absolute atomic E-state index is 12.4. The maximum Gasteiger partial charge on any atom is 0.293 e. The van der Waals surface area contributed by atoms with Crippen molar-refractivity contribution in [2.75, 3.05) is 6.54 Å². The van der Waals surface area contributed by atoms with Crippen LogP contribution in [0.3, 0.4) is 0 Å². The van der Waals surface area contributed by atoms with E-state index < -0.39 is 0 Å². The average Bonchev–Trinajstić information content (AvgIpc) is 3.00. The van der Waals surface area contributed by atoms with E-state index >= 15 is 0 Å². The van der Waals surface area contributed by atoms with Crippen LogP contribution in [0.2, 0.25) is 10.0 Å². The Morgan fingerprint density at radius 3 is 2.42 bits per heavy atom. The van der Waals surface area contributed by atoms with Crippen LogP contribution in [0.15, 0.2) is 72.2 Å². The summed E-state index contributed by atoms with van der Waals surface area (Å²) in [6.07, 6.45) is 3.10. The summed E-state index contributed by atoms with van der Waals surface area (Å²) in [5.41, 5.74) is 1.60. The SMILES string of the molecule is C=CCN1C(=O)S/C(=C/c2cc(Cl)c(OCc3ccc4ccccc4c3)c(Cl)c2)C1=O. The number of rotatable bonds is 6. The smallest absolute Gasteiger partial charge is 0.293 e. The predicted molar refractivity (Wildman–Crippen MR) is 128 cm³/mol. The van der Waals surface area contributed by atoms with Gasteiger partial charge in [-0.3, -0.25) is 14.5 Å².